The molecule has 0 radical (unpaired) electrons. The van der Waals surface area contributed by atoms with Crippen molar-refractivity contribution in [1.82, 2.24) is 24.9 Å². The van der Waals surface area contributed by atoms with Crippen LogP contribution in [0, 0.1) is 11.3 Å². The van der Waals surface area contributed by atoms with Crippen molar-refractivity contribution in [2.75, 3.05) is 44.2 Å². The van der Waals surface area contributed by atoms with E-state index in [1.165, 1.54) is 0 Å². The van der Waals surface area contributed by atoms with E-state index in [1.54, 1.807) is 18.6 Å². The van der Waals surface area contributed by atoms with Crippen LogP contribution in [0.4, 0.5) is 5.82 Å². The first-order valence-corrected chi connectivity index (χ1v) is 8.57. The third kappa shape index (κ3) is 4.75. The second-order valence-corrected chi connectivity index (χ2v) is 6.02. The predicted octanol–water partition coefficient (Wildman–Crippen LogP) is 0.772. The topological polar surface area (TPSA) is 83.1 Å². The first-order valence-electron chi connectivity index (χ1n) is 8.57. The standard InChI is InChI=1S/C17H23N7O/c1-2-23(17-4-3-5-19-21-17)14-16-13-22(8-9-25-16)6-7-24-12-15(10-18)11-20-24/h3-5,11-12,16H,2,6-9,13-14H2,1H3/t16-/m1/s1. The molecule has 0 N–H and O–H groups in total. The Morgan fingerprint density at radius 1 is 1.44 bits per heavy atom. The van der Waals surface area contributed by atoms with Crippen LogP contribution in [0.25, 0.3) is 0 Å². The van der Waals surface area contributed by atoms with Gasteiger partial charge in [-0.05, 0) is 19.1 Å². The van der Waals surface area contributed by atoms with Gasteiger partial charge >= 0.3 is 0 Å². The van der Waals surface area contributed by atoms with Crippen molar-refractivity contribution in [3.05, 3.63) is 36.3 Å². The SMILES string of the molecule is CCN(C[C@H]1CN(CCn2cc(C#N)cn2)CCO1)c1cccnn1. The second-order valence-electron chi connectivity index (χ2n) is 6.02. The van der Waals surface area contributed by atoms with Crippen LogP contribution >= 0.6 is 0 Å². The number of ether oxygens (including phenoxy) is 1. The Morgan fingerprint density at radius 3 is 3.08 bits per heavy atom. The lowest BCUT2D eigenvalue weighted by Gasteiger charge is -2.35. The molecule has 2 aromatic heterocycles. The summed E-state index contributed by atoms with van der Waals surface area (Å²) < 4.78 is 7.76. The van der Waals surface area contributed by atoms with E-state index >= 15 is 0 Å². The molecule has 1 saturated heterocycles. The monoisotopic (exact) mass is 341 g/mol. The lowest BCUT2D eigenvalue weighted by Crippen LogP contribution is -2.48. The zero-order chi connectivity index (χ0) is 17.5. The van der Waals surface area contributed by atoms with E-state index in [0.717, 1.165) is 51.7 Å². The van der Waals surface area contributed by atoms with Gasteiger partial charge in [0, 0.05) is 45.1 Å². The summed E-state index contributed by atoms with van der Waals surface area (Å²) in [6.45, 7) is 7.96. The van der Waals surface area contributed by atoms with Gasteiger partial charge in [-0.15, -0.1) is 5.10 Å². The predicted molar refractivity (Wildman–Crippen MR) is 93.0 cm³/mol. The van der Waals surface area contributed by atoms with Crippen LogP contribution in [0.2, 0.25) is 0 Å². The van der Waals surface area contributed by atoms with E-state index in [9.17, 15) is 0 Å². The summed E-state index contributed by atoms with van der Waals surface area (Å²) in [7, 11) is 0. The normalized spacial score (nSPS) is 18.0. The molecule has 1 aliphatic heterocycles. The summed E-state index contributed by atoms with van der Waals surface area (Å²) in [5.41, 5.74) is 0.599. The number of likely N-dealkylation sites (N-methyl/N-ethyl adjacent to an activating group) is 1. The number of rotatable bonds is 7. The maximum absolute atomic E-state index is 8.86. The molecular formula is C17H23N7O. The van der Waals surface area contributed by atoms with Crippen LogP contribution in [0.5, 0.6) is 0 Å². The molecule has 0 aliphatic carbocycles. The summed E-state index contributed by atoms with van der Waals surface area (Å²) in [6, 6.07) is 5.98. The minimum Gasteiger partial charge on any atom is -0.374 e. The lowest BCUT2D eigenvalue weighted by atomic mass is 10.2. The fraction of sp³-hybridized carbons (Fsp3) is 0.529. The Morgan fingerprint density at radius 2 is 2.36 bits per heavy atom. The van der Waals surface area contributed by atoms with Crippen molar-refractivity contribution in [3.8, 4) is 6.07 Å². The van der Waals surface area contributed by atoms with E-state index < -0.39 is 0 Å². The zero-order valence-electron chi connectivity index (χ0n) is 14.5. The van der Waals surface area contributed by atoms with Gasteiger partial charge in [0.05, 0.1) is 31.0 Å². The van der Waals surface area contributed by atoms with E-state index in [2.05, 4.69) is 38.1 Å². The first-order chi connectivity index (χ1) is 12.3. The summed E-state index contributed by atoms with van der Waals surface area (Å²) >= 11 is 0. The van der Waals surface area contributed by atoms with Gasteiger partial charge in [-0.2, -0.15) is 15.5 Å². The molecular weight excluding hydrogens is 318 g/mol. The molecule has 0 amide bonds. The quantitative estimate of drug-likeness (QED) is 0.735. The van der Waals surface area contributed by atoms with Gasteiger partial charge in [-0.25, -0.2) is 0 Å². The number of nitrogens with zero attached hydrogens (tertiary/aromatic N) is 7. The van der Waals surface area contributed by atoms with Crippen LogP contribution in [0.15, 0.2) is 30.7 Å². The van der Waals surface area contributed by atoms with Gasteiger partial charge in [0.15, 0.2) is 5.82 Å². The highest BCUT2D eigenvalue weighted by Gasteiger charge is 2.23. The second kappa shape index (κ2) is 8.55. The number of hydrogen-bond acceptors (Lipinski definition) is 7. The third-order valence-electron chi connectivity index (χ3n) is 4.32. The molecule has 2 aromatic rings. The van der Waals surface area contributed by atoms with Gasteiger partial charge in [0.2, 0.25) is 0 Å². The van der Waals surface area contributed by atoms with Crippen LogP contribution < -0.4 is 4.90 Å². The van der Waals surface area contributed by atoms with Crippen LogP contribution in [0.1, 0.15) is 12.5 Å². The van der Waals surface area contributed by atoms with Gasteiger partial charge in [-0.1, -0.05) is 0 Å². The molecule has 1 aliphatic rings. The fourth-order valence-corrected chi connectivity index (χ4v) is 2.97. The minimum atomic E-state index is 0.142. The van der Waals surface area contributed by atoms with Crippen molar-refractivity contribution in [3.63, 3.8) is 0 Å². The fourth-order valence-electron chi connectivity index (χ4n) is 2.97. The Kier molecular flexibility index (Phi) is 5.93. The molecule has 1 fully saturated rings. The number of hydrogen-bond donors (Lipinski definition) is 0. The Balaban J connectivity index is 1.51. The third-order valence-corrected chi connectivity index (χ3v) is 4.32. The molecule has 25 heavy (non-hydrogen) atoms. The Labute approximate surface area is 147 Å². The molecule has 0 spiro atoms. The van der Waals surface area contributed by atoms with Crippen LogP contribution in [-0.4, -0.2) is 70.3 Å². The molecule has 0 saturated carbocycles. The van der Waals surface area contributed by atoms with Crippen molar-refractivity contribution in [1.29, 1.82) is 5.26 Å². The molecule has 1 atom stereocenters. The molecule has 8 heteroatoms. The van der Waals surface area contributed by atoms with Crippen molar-refractivity contribution >= 4 is 5.82 Å². The maximum Gasteiger partial charge on any atom is 0.151 e. The molecule has 0 aromatic carbocycles. The highest BCUT2D eigenvalue weighted by Crippen LogP contribution is 2.13. The Bertz CT molecular complexity index is 697. The van der Waals surface area contributed by atoms with Crippen molar-refractivity contribution in [2.24, 2.45) is 0 Å². The lowest BCUT2D eigenvalue weighted by molar-refractivity contribution is -0.0250. The van der Waals surface area contributed by atoms with Crippen LogP contribution in [0.3, 0.4) is 0 Å². The summed E-state index contributed by atoms with van der Waals surface area (Å²) in [4.78, 5) is 4.57. The van der Waals surface area contributed by atoms with Crippen LogP contribution in [-0.2, 0) is 11.3 Å². The van der Waals surface area contributed by atoms with Gasteiger partial charge in [0.1, 0.15) is 6.07 Å². The van der Waals surface area contributed by atoms with Gasteiger partial charge in [0.25, 0.3) is 0 Å². The molecule has 0 bridgehead atoms. The summed E-state index contributed by atoms with van der Waals surface area (Å²) in [5, 5.41) is 21.2. The largest absolute Gasteiger partial charge is 0.374 e. The number of nitriles is 1. The summed E-state index contributed by atoms with van der Waals surface area (Å²) in [5.74, 6) is 0.881. The average Bonchev–Trinajstić information content (AvgIpc) is 3.14. The van der Waals surface area contributed by atoms with Crippen molar-refractivity contribution < 1.29 is 4.74 Å². The number of anilines is 1. The van der Waals surface area contributed by atoms with Gasteiger partial charge in [-0.3, -0.25) is 9.58 Å². The molecule has 3 heterocycles. The maximum atomic E-state index is 8.86. The molecule has 0 unspecified atom stereocenters. The average molecular weight is 341 g/mol. The molecule has 132 valence electrons. The first kappa shape index (κ1) is 17.3. The van der Waals surface area contributed by atoms with E-state index in [4.69, 9.17) is 10.00 Å². The Hall–Kier alpha value is -2.50. The van der Waals surface area contributed by atoms with E-state index in [1.807, 2.05) is 16.8 Å². The number of aromatic nitrogens is 4. The number of morpholine rings is 1. The van der Waals surface area contributed by atoms with Gasteiger partial charge < -0.3 is 9.64 Å². The summed E-state index contributed by atoms with van der Waals surface area (Å²) in [6.07, 6.45) is 5.21. The smallest absolute Gasteiger partial charge is 0.151 e. The highest BCUT2D eigenvalue weighted by atomic mass is 16.5. The zero-order valence-corrected chi connectivity index (χ0v) is 14.5. The molecule has 3 rings (SSSR count). The van der Waals surface area contributed by atoms with Crippen molar-refractivity contribution in [2.45, 2.75) is 19.6 Å². The van der Waals surface area contributed by atoms with E-state index in [0.29, 0.717) is 5.56 Å². The van der Waals surface area contributed by atoms with E-state index in [-0.39, 0.29) is 6.10 Å². The highest BCUT2D eigenvalue weighted by molar-refractivity contribution is 5.36. The molecule has 8 nitrogen and oxygen atoms in total. The minimum absolute atomic E-state index is 0.142.